The number of rotatable bonds is 6. The Labute approximate surface area is 181 Å². The summed E-state index contributed by atoms with van der Waals surface area (Å²) in [6.45, 7) is 9.40. The van der Waals surface area contributed by atoms with Crippen molar-refractivity contribution >= 4 is 35.8 Å². The number of aliphatic imine (C=N–C) groups is 1. The fourth-order valence-corrected chi connectivity index (χ4v) is 3.46. The average Bonchev–Trinajstić information content (AvgIpc) is 2.63. The van der Waals surface area contributed by atoms with Gasteiger partial charge in [0.25, 0.3) is 0 Å². The Hall–Kier alpha value is -1.31. The molecule has 2 rings (SSSR count). The maximum absolute atomic E-state index is 12.5. The molecule has 0 aliphatic carbocycles. The number of amides is 1. The fourth-order valence-electron chi connectivity index (χ4n) is 3.46. The van der Waals surface area contributed by atoms with E-state index in [0.29, 0.717) is 19.0 Å². The number of aryl methyl sites for hydroxylation is 1. The maximum Gasteiger partial charge on any atom is 0.224 e. The Kier molecular flexibility index (Phi) is 10.7. The van der Waals surface area contributed by atoms with Gasteiger partial charge in [0, 0.05) is 39.1 Å². The van der Waals surface area contributed by atoms with Crippen molar-refractivity contribution in [3.8, 4) is 0 Å². The van der Waals surface area contributed by atoms with Crippen molar-refractivity contribution in [2.75, 3.05) is 26.7 Å². The van der Waals surface area contributed by atoms with Crippen molar-refractivity contribution in [3.05, 3.63) is 35.4 Å². The molecule has 0 saturated carbocycles. The lowest BCUT2D eigenvalue weighted by Crippen LogP contribution is -2.42. The van der Waals surface area contributed by atoms with Crippen LogP contribution >= 0.6 is 24.0 Å². The molecule has 0 spiro atoms. The summed E-state index contributed by atoms with van der Waals surface area (Å²) in [6, 6.07) is 8.78. The molecule has 0 bridgehead atoms. The first-order valence-electron chi connectivity index (χ1n) is 9.86. The van der Waals surface area contributed by atoms with Crippen LogP contribution in [0, 0.1) is 6.92 Å². The number of nitrogens with one attached hydrogen (secondary N) is 1. The van der Waals surface area contributed by atoms with E-state index < -0.39 is 0 Å². The molecule has 1 heterocycles. The lowest BCUT2D eigenvalue weighted by molar-refractivity contribution is -0.134. The molecule has 1 atom stereocenters. The van der Waals surface area contributed by atoms with Crippen LogP contribution in [0.1, 0.15) is 50.7 Å². The predicted octanol–water partition coefficient (Wildman–Crippen LogP) is 3.80. The summed E-state index contributed by atoms with van der Waals surface area (Å²) >= 11 is 0. The fraction of sp³-hybridized carbons (Fsp3) is 0.619. The second-order valence-corrected chi connectivity index (χ2v) is 7.20. The third kappa shape index (κ3) is 7.31. The largest absolute Gasteiger partial charge is 0.357 e. The van der Waals surface area contributed by atoms with E-state index in [4.69, 9.17) is 0 Å². The summed E-state index contributed by atoms with van der Waals surface area (Å²) in [5.74, 6) is 1.09. The highest BCUT2D eigenvalue weighted by Crippen LogP contribution is 2.17. The number of carbonyl (C=O) groups excluding carboxylic acids is 1. The first-order valence-corrected chi connectivity index (χ1v) is 9.86. The topological polar surface area (TPSA) is 47.9 Å². The molecular formula is C21H35IN4O. The molecule has 152 valence electrons. The number of piperidine rings is 1. The Bertz CT molecular complexity index is 620. The smallest absolute Gasteiger partial charge is 0.224 e. The molecule has 27 heavy (non-hydrogen) atoms. The minimum absolute atomic E-state index is 0. The van der Waals surface area contributed by atoms with Crippen molar-refractivity contribution in [3.63, 3.8) is 0 Å². The summed E-state index contributed by atoms with van der Waals surface area (Å²) in [6.07, 6.45) is 3.97. The number of guanidine groups is 1. The van der Waals surface area contributed by atoms with E-state index in [1.165, 1.54) is 17.5 Å². The Balaban J connectivity index is 0.00000364. The van der Waals surface area contributed by atoms with Crippen LogP contribution in [0.25, 0.3) is 0 Å². The lowest BCUT2D eigenvalue weighted by Gasteiger charge is -2.33. The molecule has 1 aromatic rings. The number of benzene rings is 1. The SMILES string of the molecule is CCNC(=NCCC(=O)N1CCCCC1C)N(C)Cc1ccccc1C.I. The average molecular weight is 486 g/mol. The van der Waals surface area contributed by atoms with Crippen molar-refractivity contribution in [2.24, 2.45) is 4.99 Å². The lowest BCUT2D eigenvalue weighted by atomic mass is 10.0. The van der Waals surface area contributed by atoms with Crippen LogP contribution in [-0.4, -0.2) is 54.4 Å². The molecule has 1 unspecified atom stereocenters. The van der Waals surface area contributed by atoms with Crippen LogP contribution in [0.4, 0.5) is 0 Å². The van der Waals surface area contributed by atoms with Crippen LogP contribution < -0.4 is 5.32 Å². The number of nitrogens with zero attached hydrogens (tertiary/aromatic N) is 3. The van der Waals surface area contributed by atoms with Crippen molar-refractivity contribution in [1.82, 2.24) is 15.1 Å². The Morgan fingerprint density at radius 2 is 2.07 bits per heavy atom. The van der Waals surface area contributed by atoms with Crippen molar-refractivity contribution < 1.29 is 4.79 Å². The minimum Gasteiger partial charge on any atom is -0.357 e. The third-order valence-electron chi connectivity index (χ3n) is 5.08. The summed E-state index contributed by atoms with van der Waals surface area (Å²) in [5.41, 5.74) is 2.57. The molecular weight excluding hydrogens is 451 g/mol. The van der Waals surface area contributed by atoms with Gasteiger partial charge in [0.2, 0.25) is 5.91 Å². The molecule has 5 nitrogen and oxygen atoms in total. The first-order chi connectivity index (χ1) is 12.5. The van der Waals surface area contributed by atoms with Gasteiger partial charge in [-0.3, -0.25) is 9.79 Å². The monoisotopic (exact) mass is 486 g/mol. The standard InChI is InChI=1S/C21H34N4O.HI/c1-5-22-21(24(4)16-19-12-7-6-10-17(19)2)23-14-13-20(26)25-15-9-8-11-18(25)3;/h6-7,10,12,18H,5,8-9,11,13-16H2,1-4H3,(H,22,23);1H. The summed E-state index contributed by atoms with van der Waals surface area (Å²) < 4.78 is 0. The van der Waals surface area contributed by atoms with Gasteiger partial charge in [-0.2, -0.15) is 0 Å². The molecule has 6 heteroatoms. The summed E-state index contributed by atoms with van der Waals surface area (Å²) in [5, 5.41) is 3.34. The highest BCUT2D eigenvalue weighted by atomic mass is 127. The van der Waals surface area contributed by atoms with E-state index in [1.54, 1.807) is 0 Å². The zero-order valence-electron chi connectivity index (χ0n) is 17.2. The molecule has 1 fully saturated rings. The number of hydrogen-bond donors (Lipinski definition) is 1. The summed E-state index contributed by atoms with van der Waals surface area (Å²) in [7, 11) is 2.04. The van der Waals surface area contributed by atoms with E-state index in [9.17, 15) is 4.79 Å². The predicted molar refractivity (Wildman–Crippen MR) is 124 cm³/mol. The first kappa shape index (κ1) is 23.7. The maximum atomic E-state index is 12.5. The van der Waals surface area contributed by atoms with Crippen LogP contribution in [0.15, 0.2) is 29.3 Å². The molecule has 1 aromatic carbocycles. The number of hydrogen-bond acceptors (Lipinski definition) is 2. The van der Waals surface area contributed by atoms with E-state index in [2.05, 4.69) is 60.2 Å². The molecule has 1 saturated heterocycles. The van der Waals surface area contributed by atoms with Crippen LogP contribution in [0.5, 0.6) is 0 Å². The molecule has 0 radical (unpaired) electrons. The normalized spacial score (nSPS) is 17.3. The van der Waals surface area contributed by atoms with Gasteiger partial charge in [0.15, 0.2) is 5.96 Å². The highest BCUT2D eigenvalue weighted by molar-refractivity contribution is 14.0. The van der Waals surface area contributed by atoms with E-state index >= 15 is 0 Å². The van der Waals surface area contributed by atoms with E-state index in [0.717, 1.165) is 38.4 Å². The molecule has 1 amide bonds. The quantitative estimate of drug-likeness (QED) is 0.378. The molecule has 1 N–H and O–H groups in total. The van der Waals surface area contributed by atoms with Crippen molar-refractivity contribution in [2.45, 2.75) is 59.0 Å². The van der Waals surface area contributed by atoms with Crippen LogP contribution in [0.2, 0.25) is 0 Å². The zero-order chi connectivity index (χ0) is 18.9. The number of halogens is 1. The minimum atomic E-state index is 0. The third-order valence-corrected chi connectivity index (χ3v) is 5.08. The van der Waals surface area contributed by atoms with E-state index in [-0.39, 0.29) is 29.9 Å². The van der Waals surface area contributed by atoms with Gasteiger partial charge in [-0.05, 0) is 51.2 Å². The van der Waals surface area contributed by atoms with E-state index in [1.807, 2.05) is 11.9 Å². The second-order valence-electron chi connectivity index (χ2n) is 7.20. The van der Waals surface area contributed by atoms with Gasteiger partial charge in [0.05, 0.1) is 6.54 Å². The van der Waals surface area contributed by atoms with Gasteiger partial charge in [-0.15, -0.1) is 24.0 Å². The van der Waals surface area contributed by atoms with Gasteiger partial charge in [0.1, 0.15) is 0 Å². The summed E-state index contributed by atoms with van der Waals surface area (Å²) in [4.78, 5) is 21.3. The Morgan fingerprint density at radius 1 is 1.33 bits per heavy atom. The van der Waals surface area contributed by atoms with Crippen LogP contribution in [0.3, 0.4) is 0 Å². The highest BCUT2D eigenvalue weighted by Gasteiger charge is 2.22. The molecule has 1 aliphatic heterocycles. The van der Waals surface area contributed by atoms with Gasteiger partial charge in [-0.25, -0.2) is 0 Å². The second kappa shape index (κ2) is 12.2. The zero-order valence-corrected chi connectivity index (χ0v) is 19.5. The van der Waals surface area contributed by atoms with Crippen LogP contribution in [-0.2, 0) is 11.3 Å². The van der Waals surface area contributed by atoms with Gasteiger partial charge < -0.3 is 15.1 Å². The van der Waals surface area contributed by atoms with Gasteiger partial charge >= 0.3 is 0 Å². The molecule has 0 aromatic heterocycles. The number of carbonyl (C=O) groups is 1. The Morgan fingerprint density at radius 3 is 2.74 bits per heavy atom. The number of likely N-dealkylation sites (tertiary alicyclic amines) is 1. The van der Waals surface area contributed by atoms with Gasteiger partial charge in [-0.1, -0.05) is 24.3 Å². The van der Waals surface area contributed by atoms with Crippen molar-refractivity contribution in [1.29, 1.82) is 0 Å². The molecule has 1 aliphatic rings.